The summed E-state index contributed by atoms with van der Waals surface area (Å²) in [5.74, 6) is 0.823. The molecule has 1 aromatic heterocycles. The number of hydrogen-bond donors (Lipinski definition) is 1. The highest BCUT2D eigenvalue weighted by molar-refractivity contribution is 7.10. The first-order valence-electron chi connectivity index (χ1n) is 9.13. The summed E-state index contributed by atoms with van der Waals surface area (Å²) in [6.45, 7) is 1.46. The van der Waals surface area contributed by atoms with Crippen LogP contribution < -0.4 is 14.8 Å². The van der Waals surface area contributed by atoms with Crippen molar-refractivity contribution in [1.29, 1.82) is 0 Å². The molecule has 0 saturated heterocycles. The van der Waals surface area contributed by atoms with Crippen molar-refractivity contribution < 1.29 is 18.7 Å². The zero-order chi connectivity index (χ0) is 20.2. The molecule has 2 heterocycles. The molecule has 5 nitrogen and oxygen atoms in total. The number of nitrogens with one attached hydrogen (secondary N) is 1. The Hall–Kier alpha value is -2.64. The number of carbonyl (C=O) groups is 1. The molecule has 0 unspecified atom stereocenters. The van der Waals surface area contributed by atoms with Gasteiger partial charge in [-0.25, -0.2) is 9.37 Å². The second-order valence-electron chi connectivity index (χ2n) is 6.51. The predicted octanol–water partition coefficient (Wildman–Crippen LogP) is 4.28. The largest absolute Gasteiger partial charge is 0.486 e. The van der Waals surface area contributed by atoms with E-state index in [2.05, 4.69) is 10.3 Å². The quantitative estimate of drug-likeness (QED) is 0.631. The lowest BCUT2D eigenvalue weighted by Gasteiger charge is -2.20. The minimum Gasteiger partial charge on any atom is -0.486 e. The van der Waals surface area contributed by atoms with E-state index < -0.39 is 0 Å². The number of ether oxygens (including phenoxy) is 2. The number of hydrogen-bond acceptors (Lipinski definition) is 5. The van der Waals surface area contributed by atoms with Crippen molar-refractivity contribution in [2.75, 3.05) is 19.8 Å². The first kappa shape index (κ1) is 19.7. The van der Waals surface area contributed by atoms with Crippen molar-refractivity contribution in [3.8, 4) is 22.8 Å². The minimum absolute atomic E-state index is 0.103. The molecule has 150 valence electrons. The van der Waals surface area contributed by atoms with Crippen LogP contribution in [-0.2, 0) is 17.6 Å². The highest BCUT2D eigenvalue weighted by Crippen LogP contribution is 2.38. The molecule has 0 spiro atoms. The molecule has 8 heteroatoms. The van der Waals surface area contributed by atoms with Crippen molar-refractivity contribution in [3.05, 3.63) is 63.2 Å². The number of benzene rings is 2. The summed E-state index contributed by atoms with van der Waals surface area (Å²) in [7, 11) is 0. The fourth-order valence-electron chi connectivity index (χ4n) is 3.00. The predicted molar refractivity (Wildman–Crippen MR) is 110 cm³/mol. The van der Waals surface area contributed by atoms with Gasteiger partial charge < -0.3 is 14.8 Å². The Balaban J connectivity index is 1.30. The van der Waals surface area contributed by atoms with Gasteiger partial charge in [0.2, 0.25) is 5.91 Å². The number of thiazole rings is 1. The molecule has 1 aliphatic heterocycles. The summed E-state index contributed by atoms with van der Waals surface area (Å²) < 4.78 is 24.1. The van der Waals surface area contributed by atoms with E-state index >= 15 is 0 Å². The van der Waals surface area contributed by atoms with Crippen LogP contribution in [0.1, 0.15) is 10.6 Å². The molecular weight excluding hydrogens is 415 g/mol. The third-order valence-electron chi connectivity index (χ3n) is 4.40. The standard InChI is InChI=1S/C21H18ClFN2O3S/c22-16-9-13(10-18-21(16)28-8-7-27-18)5-6-24-19(26)11-20-25-17(12-29-20)14-1-3-15(23)4-2-14/h1-4,9-10,12H,5-8,11H2,(H,24,26). The molecule has 0 fully saturated rings. The zero-order valence-electron chi connectivity index (χ0n) is 15.4. The number of carbonyl (C=O) groups excluding carboxylic acids is 1. The van der Waals surface area contributed by atoms with Crippen LogP contribution in [0.2, 0.25) is 5.02 Å². The number of nitrogens with zero attached hydrogens (tertiary/aromatic N) is 1. The van der Waals surface area contributed by atoms with Gasteiger partial charge in [0.25, 0.3) is 0 Å². The molecule has 4 rings (SSSR count). The summed E-state index contributed by atoms with van der Waals surface area (Å²) in [4.78, 5) is 16.7. The van der Waals surface area contributed by atoms with Crippen molar-refractivity contribution >= 4 is 28.8 Å². The molecule has 0 atom stereocenters. The lowest BCUT2D eigenvalue weighted by Crippen LogP contribution is -2.27. The average molecular weight is 433 g/mol. The van der Waals surface area contributed by atoms with Crippen molar-refractivity contribution in [2.45, 2.75) is 12.8 Å². The SMILES string of the molecule is O=C(Cc1nc(-c2ccc(F)cc2)cs1)NCCc1cc(Cl)c2c(c1)OCCO2. The molecule has 29 heavy (non-hydrogen) atoms. The summed E-state index contributed by atoms with van der Waals surface area (Å²) in [5, 5.41) is 5.99. The highest BCUT2D eigenvalue weighted by Gasteiger charge is 2.16. The Labute approximate surface area is 176 Å². The number of fused-ring (bicyclic) bond motifs is 1. The zero-order valence-corrected chi connectivity index (χ0v) is 17.0. The second-order valence-corrected chi connectivity index (χ2v) is 7.86. The van der Waals surface area contributed by atoms with Gasteiger partial charge in [-0.05, 0) is 48.4 Å². The van der Waals surface area contributed by atoms with Gasteiger partial charge in [-0.2, -0.15) is 0 Å². The van der Waals surface area contributed by atoms with Gasteiger partial charge in [0.1, 0.15) is 24.0 Å². The van der Waals surface area contributed by atoms with E-state index in [0.717, 1.165) is 16.8 Å². The molecule has 1 N–H and O–H groups in total. The maximum atomic E-state index is 13.0. The summed E-state index contributed by atoms with van der Waals surface area (Å²) >= 11 is 7.65. The molecule has 1 amide bonds. The van der Waals surface area contributed by atoms with E-state index in [0.29, 0.717) is 47.7 Å². The average Bonchev–Trinajstić information content (AvgIpc) is 3.17. The summed E-state index contributed by atoms with van der Waals surface area (Å²) in [5.41, 5.74) is 2.53. The summed E-state index contributed by atoms with van der Waals surface area (Å²) in [6.07, 6.45) is 0.828. The van der Waals surface area contributed by atoms with Crippen molar-refractivity contribution in [1.82, 2.24) is 10.3 Å². The van der Waals surface area contributed by atoms with E-state index in [1.54, 1.807) is 12.1 Å². The second kappa shape index (κ2) is 8.80. The minimum atomic E-state index is -0.289. The topological polar surface area (TPSA) is 60.5 Å². The molecule has 1 aliphatic rings. The lowest BCUT2D eigenvalue weighted by molar-refractivity contribution is -0.120. The van der Waals surface area contributed by atoms with E-state index in [4.69, 9.17) is 21.1 Å². The van der Waals surface area contributed by atoms with Crippen LogP contribution >= 0.6 is 22.9 Å². The van der Waals surface area contributed by atoms with Crippen LogP contribution in [0.25, 0.3) is 11.3 Å². The highest BCUT2D eigenvalue weighted by atomic mass is 35.5. The first-order valence-corrected chi connectivity index (χ1v) is 10.4. The summed E-state index contributed by atoms with van der Waals surface area (Å²) in [6, 6.07) is 9.86. The fourth-order valence-corrected chi connectivity index (χ4v) is 4.09. The maximum Gasteiger partial charge on any atom is 0.226 e. The van der Waals surface area contributed by atoms with Gasteiger partial charge in [0, 0.05) is 17.5 Å². The number of aromatic nitrogens is 1. The maximum absolute atomic E-state index is 13.0. The molecular formula is C21H18ClFN2O3S. The Morgan fingerprint density at radius 3 is 2.83 bits per heavy atom. The van der Waals surface area contributed by atoms with Crippen molar-refractivity contribution in [3.63, 3.8) is 0 Å². The fraction of sp³-hybridized carbons (Fsp3) is 0.238. The number of halogens is 2. The van der Waals surface area contributed by atoms with Crippen LogP contribution in [0.3, 0.4) is 0 Å². The molecule has 0 bridgehead atoms. The van der Waals surface area contributed by atoms with Gasteiger partial charge in [-0.1, -0.05) is 11.6 Å². The van der Waals surface area contributed by atoms with Crippen LogP contribution in [-0.4, -0.2) is 30.6 Å². The van der Waals surface area contributed by atoms with Crippen LogP contribution in [0.15, 0.2) is 41.8 Å². The van der Waals surface area contributed by atoms with Crippen LogP contribution in [0.5, 0.6) is 11.5 Å². The molecule has 0 radical (unpaired) electrons. The van der Waals surface area contributed by atoms with Gasteiger partial charge in [0.05, 0.1) is 17.1 Å². The van der Waals surface area contributed by atoms with Gasteiger partial charge in [-0.3, -0.25) is 4.79 Å². The third kappa shape index (κ3) is 4.86. The number of rotatable bonds is 6. The monoisotopic (exact) mass is 432 g/mol. The van der Waals surface area contributed by atoms with E-state index in [9.17, 15) is 9.18 Å². The smallest absolute Gasteiger partial charge is 0.226 e. The van der Waals surface area contributed by atoms with E-state index in [-0.39, 0.29) is 18.1 Å². The molecule has 0 aliphatic carbocycles. The van der Waals surface area contributed by atoms with Crippen molar-refractivity contribution in [2.24, 2.45) is 0 Å². The lowest BCUT2D eigenvalue weighted by atomic mass is 10.1. The van der Waals surface area contributed by atoms with Gasteiger partial charge >= 0.3 is 0 Å². The third-order valence-corrected chi connectivity index (χ3v) is 5.53. The Bertz CT molecular complexity index is 1020. The van der Waals surface area contributed by atoms with E-state index in [1.807, 2.05) is 17.5 Å². The molecule has 0 saturated carbocycles. The van der Waals surface area contributed by atoms with Crippen LogP contribution in [0.4, 0.5) is 4.39 Å². The number of amides is 1. The Morgan fingerprint density at radius 2 is 2.00 bits per heavy atom. The Morgan fingerprint density at radius 1 is 1.21 bits per heavy atom. The van der Waals surface area contributed by atoms with E-state index in [1.165, 1.54) is 23.5 Å². The Kier molecular flexibility index (Phi) is 5.97. The first-order chi connectivity index (χ1) is 14.1. The van der Waals surface area contributed by atoms with Crippen LogP contribution in [0, 0.1) is 5.82 Å². The van der Waals surface area contributed by atoms with Gasteiger partial charge in [0.15, 0.2) is 11.5 Å². The molecule has 2 aromatic carbocycles. The van der Waals surface area contributed by atoms with Gasteiger partial charge in [-0.15, -0.1) is 11.3 Å². The normalized spacial score (nSPS) is 12.6. The molecule has 3 aromatic rings.